The highest BCUT2D eigenvalue weighted by atomic mass is 35.5. The minimum atomic E-state index is -0.437. The van der Waals surface area contributed by atoms with E-state index in [1.807, 2.05) is 13.0 Å². The minimum absolute atomic E-state index is 0.0936. The smallest absolute Gasteiger partial charge is 0.141 e. The van der Waals surface area contributed by atoms with Gasteiger partial charge in [-0.15, -0.1) is 0 Å². The maximum Gasteiger partial charge on any atom is 0.141 e. The van der Waals surface area contributed by atoms with E-state index in [2.05, 4.69) is 10.3 Å². The fourth-order valence-electron chi connectivity index (χ4n) is 1.84. The van der Waals surface area contributed by atoms with Gasteiger partial charge in [-0.1, -0.05) is 29.9 Å². The first-order valence-corrected chi connectivity index (χ1v) is 6.71. The number of rotatable bonds is 4. The summed E-state index contributed by atoms with van der Waals surface area (Å²) in [6, 6.07) is 6.40. The maximum absolute atomic E-state index is 13.1. The third-order valence-electron chi connectivity index (χ3n) is 2.85. The summed E-state index contributed by atoms with van der Waals surface area (Å²) in [5.41, 5.74) is 8.22. The van der Waals surface area contributed by atoms with Crippen molar-refractivity contribution in [2.45, 2.75) is 13.5 Å². The topological polar surface area (TPSA) is 50.9 Å². The van der Waals surface area contributed by atoms with E-state index in [0.717, 1.165) is 16.7 Å². The molecule has 2 aromatic rings. The third kappa shape index (κ3) is 3.23. The van der Waals surface area contributed by atoms with Gasteiger partial charge in [0, 0.05) is 12.7 Å². The van der Waals surface area contributed by atoms with Gasteiger partial charge in [-0.3, -0.25) is 0 Å². The summed E-state index contributed by atoms with van der Waals surface area (Å²) in [7, 11) is 0. The van der Waals surface area contributed by atoms with Gasteiger partial charge in [0.05, 0.1) is 10.6 Å². The van der Waals surface area contributed by atoms with Crippen molar-refractivity contribution in [3.05, 3.63) is 58.0 Å². The molecule has 0 fully saturated rings. The van der Waals surface area contributed by atoms with Crippen LogP contribution in [0.3, 0.4) is 0 Å². The van der Waals surface area contributed by atoms with E-state index < -0.39 is 5.82 Å². The van der Waals surface area contributed by atoms with E-state index in [9.17, 15) is 4.39 Å². The van der Waals surface area contributed by atoms with Crippen LogP contribution >= 0.6 is 23.8 Å². The zero-order valence-corrected chi connectivity index (χ0v) is 12.4. The van der Waals surface area contributed by atoms with Crippen LogP contribution in [-0.4, -0.2) is 9.97 Å². The number of nitrogens with two attached hydrogens (primary N) is 1. The number of nitrogens with zero attached hydrogens (tertiary/aromatic N) is 1. The largest absolute Gasteiger partial charge is 0.389 e. The minimum Gasteiger partial charge on any atom is -0.389 e. The lowest BCUT2D eigenvalue weighted by molar-refractivity contribution is 0.627. The Morgan fingerprint density at radius 1 is 1.45 bits per heavy atom. The summed E-state index contributed by atoms with van der Waals surface area (Å²) in [5.74, 6) is 0.172. The SMILES string of the molecule is Cc1ccnc(NCc2ccc(F)c(Cl)c2)c1C(N)=S. The highest BCUT2D eigenvalue weighted by Gasteiger charge is 2.10. The Bertz CT molecular complexity index is 661. The van der Waals surface area contributed by atoms with E-state index in [0.29, 0.717) is 12.4 Å². The van der Waals surface area contributed by atoms with Crippen molar-refractivity contribution in [3.8, 4) is 0 Å². The number of aromatic nitrogens is 1. The molecule has 0 aliphatic rings. The fourth-order valence-corrected chi connectivity index (χ4v) is 2.30. The quantitative estimate of drug-likeness (QED) is 0.850. The van der Waals surface area contributed by atoms with Gasteiger partial charge in [-0.25, -0.2) is 9.37 Å². The van der Waals surface area contributed by atoms with Crippen molar-refractivity contribution >= 4 is 34.6 Å². The highest BCUT2D eigenvalue weighted by Crippen LogP contribution is 2.19. The molecule has 0 radical (unpaired) electrons. The molecule has 1 aromatic heterocycles. The fraction of sp³-hybridized carbons (Fsp3) is 0.143. The van der Waals surface area contributed by atoms with Crippen molar-refractivity contribution in [2.75, 3.05) is 5.32 Å². The standard InChI is InChI=1S/C14H13ClFN3S/c1-8-4-5-18-14(12(8)13(17)20)19-7-9-2-3-11(16)10(15)6-9/h2-6H,7H2,1H3,(H2,17,20)(H,18,19). The first kappa shape index (κ1) is 14.7. The molecular formula is C14H13ClFN3S. The lowest BCUT2D eigenvalue weighted by Crippen LogP contribution is -2.16. The number of nitrogens with one attached hydrogen (secondary N) is 1. The molecule has 3 N–H and O–H groups in total. The Kier molecular flexibility index (Phi) is 4.52. The second-order valence-electron chi connectivity index (χ2n) is 4.32. The molecule has 0 unspecified atom stereocenters. The molecule has 0 aliphatic carbocycles. The molecular weight excluding hydrogens is 297 g/mol. The van der Waals surface area contributed by atoms with Crippen molar-refractivity contribution in [2.24, 2.45) is 5.73 Å². The van der Waals surface area contributed by atoms with Gasteiger partial charge in [0.25, 0.3) is 0 Å². The van der Waals surface area contributed by atoms with Crippen LogP contribution in [0.1, 0.15) is 16.7 Å². The molecule has 1 aromatic carbocycles. The molecule has 0 amide bonds. The van der Waals surface area contributed by atoms with Crippen LogP contribution in [0.25, 0.3) is 0 Å². The second kappa shape index (κ2) is 6.15. The van der Waals surface area contributed by atoms with Gasteiger partial charge < -0.3 is 11.1 Å². The van der Waals surface area contributed by atoms with Gasteiger partial charge >= 0.3 is 0 Å². The van der Waals surface area contributed by atoms with Gasteiger partial charge in [0.15, 0.2) is 0 Å². The summed E-state index contributed by atoms with van der Waals surface area (Å²) >= 11 is 10.8. The summed E-state index contributed by atoms with van der Waals surface area (Å²) in [5, 5.41) is 3.23. The van der Waals surface area contributed by atoms with Crippen molar-refractivity contribution in [3.63, 3.8) is 0 Å². The van der Waals surface area contributed by atoms with Gasteiger partial charge in [0.1, 0.15) is 16.6 Å². The molecule has 0 spiro atoms. The molecule has 0 aliphatic heterocycles. The number of aryl methyl sites for hydroxylation is 1. The van der Waals surface area contributed by atoms with E-state index in [-0.39, 0.29) is 10.0 Å². The summed E-state index contributed by atoms with van der Waals surface area (Å²) in [4.78, 5) is 4.52. The number of benzene rings is 1. The van der Waals surface area contributed by atoms with Gasteiger partial charge in [-0.05, 0) is 36.2 Å². The van der Waals surface area contributed by atoms with Crippen molar-refractivity contribution < 1.29 is 4.39 Å². The third-order valence-corrected chi connectivity index (χ3v) is 3.34. The van der Waals surface area contributed by atoms with Crippen LogP contribution in [0.2, 0.25) is 5.02 Å². The van der Waals surface area contributed by atoms with Crippen molar-refractivity contribution in [1.82, 2.24) is 4.98 Å². The molecule has 0 bridgehead atoms. The van der Waals surface area contributed by atoms with E-state index in [1.54, 1.807) is 18.3 Å². The molecule has 0 saturated heterocycles. The van der Waals surface area contributed by atoms with Crippen LogP contribution in [0.4, 0.5) is 10.2 Å². The van der Waals surface area contributed by atoms with Crippen LogP contribution in [0.15, 0.2) is 30.5 Å². The average molecular weight is 310 g/mol. The van der Waals surface area contributed by atoms with Gasteiger partial charge in [0.2, 0.25) is 0 Å². The van der Waals surface area contributed by atoms with Crippen LogP contribution < -0.4 is 11.1 Å². The number of thiocarbonyl (C=S) groups is 1. The van der Waals surface area contributed by atoms with Gasteiger partial charge in [-0.2, -0.15) is 0 Å². The Morgan fingerprint density at radius 3 is 2.85 bits per heavy atom. The second-order valence-corrected chi connectivity index (χ2v) is 5.16. The molecule has 6 heteroatoms. The summed E-state index contributed by atoms with van der Waals surface area (Å²) < 4.78 is 13.1. The summed E-state index contributed by atoms with van der Waals surface area (Å²) in [6.45, 7) is 2.36. The Hall–Kier alpha value is -1.72. The molecule has 0 atom stereocenters. The zero-order chi connectivity index (χ0) is 14.7. The normalized spacial score (nSPS) is 10.3. The molecule has 0 saturated carbocycles. The van der Waals surface area contributed by atoms with E-state index >= 15 is 0 Å². The molecule has 3 nitrogen and oxygen atoms in total. The Labute approximate surface area is 127 Å². The molecule has 1 heterocycles. The predicted octanol–water partition coefficient (Wildman–Crippen LogP) is 3.43. The monoisotopic (exact) mass is 309 g/mol. The summed E-state index contributed by atoms with van der Waals surface area (Å²) in [6.07, 6.45) is 1.68. The predicted molar refractivity (Wildman–Crippen MR) is 83.6 cm³/mol. The first-order chi connectivity index (χ1) is 9.49. The number of anilines is 1. The Balaban J connectivity index is 2.21. The highest BCUT2D eigenvalue weighted by molar-refractivity contribution is 7.80. The number of halogens is 2. The molecule has 20 heavy (non-hydrogen) atoms. The van der Waals surface area contributed by atoms with Crippen LogP contribution in [0.5, 0.6) is 0 Å². The van der Waals surface area contributed by atoms with E-state index in [1.165, 1.54) is 6.07 Å². The Morgan fingerprint density at radius 2 is 2.20 bits per heavy atom. The maximum atomic E-state index is 13.1. The lowest BCUT2D eigenvalue weighted by Gasteiger charge is -2.12. The molecule has 104 valence electrons. The first-order valence-electron chi connectivity index (χ1n) is 5.92. The van der Waals surface area contributed by atoms with E-state index in [4.69, 9.17) is 29.6 Å². The lowest BCUT2D eigenvalue weighted by atomic mass is 10.1. The number of hydrogen-bond donors (Lipinski definition) is 2. The average Bonchev–Trinajstić information content (AvgIpc) is 2.39. The van der Waals surface area contributed by atoms with Crippen molar-refractivity contribution in [1.29, 1.82) is 0 Å². The zero-order valence-electron chi connectivity index (χ0n) is 10.8. The van der Waals surface area contributed by atoms with Crippen LogP contribution in [0, 0.1) is 12.7 Å². The van der Waals surface area contributed by atoms with Crippen LogP contribution in [-0.2, 0) is 6.54 Å². The number of hydrogen-bond acceptors (Lipinski definition) is 3. The molecule has 2 rings (SSSR count). The number of pyridine rings is 1.